The Morgan fingerprint density at radius 1 is 0.933 bits per heavy atom. The van der Waals surface area contributed by atoms with Crippen LogP contribution >= 0.6 is 0 Å². The van der Waals surface area contributed by atoms with E-state index in [0.717, 1.165) is 0 Å². The molecule has 1 aromatic heterocycles. The molecule has 0 aliphatic rings. The first-order chi connectivity index (χ1) is 14.3. The first-order valence-electron chi connectivity index (χ1n) is 8.70. The molecule has 2 amide bonds. The average molecular weight is 429 g/mol. The number of rotatable bonds is 7. The van der Waals surface area contributed by atoms with Crippen molar-refractivity contribution in [1.82, 2.24) is 4.47 Å². The maximum Gasteiger partial charge on any atom is 0.291 e. The zero-order chi connectivity index (χ0) is 21.7. The molecule has 0 radical (unpaired) electrons. The van der Waals surface area contributed by atoms with Crippen LogP contribution in [0.15, 0.2) is 76.2 Å². The minimum absolute atomic E-state index is 0.0843. The van der Waals surface area contributed by atoms with E-state index < -0.39 is 21.8 Å². The summed E-state index contributed by atoms with van der Waals surface area (Å²) in [5.74, 6) is -0.784. The van der Waals surface area contributed by atoms with Gasteiger partial charge < -0.3 is 15.1 Å². The smallest absolute Gasteiger partial charge is 0.291 e. The summed E-state index contributed by atoms with van der Waals surface area (Å²) in [5, 5.41) is 5.34. The lowest BCUT2D eigenvalue weighted by atomic mass is 10.2. The molecular formula is C20H19N3O6S. The van der Waals surface area contributed by atoms with E-state index in [9.17, 15) is 18.0 Å². The average Bonchev–Trinajstić information content (AvgIpc) is 3.28. The van der Waals surface area contributed by atoms with E-state index in [1.54, 1.807) is 30.3 Å². The van der Waals surface area contributed by atoms with E-state index in [2.05, 4.69) is 10.6 Å². The molecule has 0 spiro atoms. The standard InChI is InChI=1S/C20H19N3O6S/c1-23(28-2)30(26,27)17-9-3-6-14(12-17)19(24)21-15-7-4-8-16(13-15)22-20(25)18-10-5-11-29-18/h3-13H,1-2H3,(H,21,24)(H,22,25). The quantitative estimate of drug-likeness (QED) is 0.558. The third kappa shape index (κ3) is 4.74. The molecule has 9 nitrogen and oxygen atoms in total. The second-order valence-corrected chi connectivity index (χ2v) is 8.03. The second kappa shape index (κ2) is 8.91. The van der Waals surface area contributed by atoms with Gasteiger partial charge in [-0.3, -0.25) is 14.4 Å². The van der Waals surface area contributed by atoms with Gasteiger partial charge in [-0.2, -0.15) is 0 Å². The molecule has 10 heteroatoms. The lowest BCUT2D eigenvalue weighted by Crippen LogP contribution is -2.26. The first-order valence-corrected chi connectivity index (χ1v) is 10.1. The third-order valence-corrected chi connectivity index (χ3v) is 5.79. The molecule has 3 rings (SSSR count). The summed E-state index contributed by atoms with van der Waals surface area (Å²) in [5.41, 5.74) is 1.01. The molecule has 2 aromatic carbocycles. The van der Waals surface area contributed by atoms with Crippen LogP contribution < -0.4 is 10.6 Å². The summed E-state index contributed by atoms with van der Waals surface area (Å²) in [4.78, 5) is 29.3. The molecule has 2 N–H and O–H groups in total. The fraction of sp³-hybridized carbons (Fsp3) is 0.100. The minimum Gasteiger partial charge on any atom is -0.459 e. The molecule has 0 fully saturated rings. The van der Waals surface area contributed by atoms with Gasteiger partial charge in [-0.05, 0) is 48.5 Å². The summed E-state index contributed by atoms with van der Waals surface area (Å²) < 4.78 is 30.5. The van der Waals surface area contributed by atoms with Crippen molar-refractivity contribution >= 4 is 33.2 Å². The normalized spacial score (nSPS) is 11.3. The summed E-state index contributed by atoms with van der Waals surface area (Å²) in [7, 11) is -1.40. The van der Waals surface area contributed by atoms with Gasteiger partial charge in [0, 0.05) is 24.0 Å². The number of nitrogens with one attached hydrogen (secondary N) is 2. The maximum atomic E-state index is 12.6. The molecule has 0 saturated carbocycles. The molecule has 0 unspecified atom stereocenters. The number of carbonyl (C=O) groups is 2. The van der Waals surface area contributed by atoms with E-state index in [0.29, 0.717) is 15.8 Å². The Morgan fingerprint density at radius 2 is 1.60 bits per heavy atom. The number of hydroxylamine groups is 1. The molecule has 0 saturated heterocycles. The van der Waals surface area contributed by atoms with Crippen molar-refractivity contribution in [3.05, 3.63) is 78.3 Å². The Balaban J connectivity index is 1.75. The van der Waals surface area contributed by atoms with Crippen molar-refractivity contribution in [1.29, 1.82) is 0 Å². The van der Waals surface area contributed by atoms with E-state index in [-0.39, 0.29) is 16.2 Å². The SMILES string of the molecule is CON(C)S(=O)(=O)c1cccc(C(=O)Nc2cccc(NC(=O)c3ccco3)c2)c1. The van der Waals surface area contributed by atoms with Gasteiger partial charge in [0.2, 0.25) is 0 Å². The predicted octanol–water partition coefficient (Wildman–Crippen LogP) is 2.97. The van der Waals surface area contributed by atoms with Crippen LogP contribution in [0.5, 0.6) is 0 Å². The van der Waals surface area contributed by atoms with Gasteiger partial charge in [0.25, 0.3) is 21.8 Å². The van der Waals surface area contributed by atoms with Crippen LogP contribution in [-0.2, 0) is 14.9 Å². The minimum atomic E-state index is -3.88. The van der Waals surface area contributed by atoms with Gasteiger partial charge in [-0.1, -0.05) is 16.6 Å². The number of hydrogen-bond donors (Lipinski definition) is 2. The van der Waals surface area contributed by atoms with Crippen LogP contribution in [0, 0.1) is 0 Å². The van der Waals surface area contributed by atoms with Crippen molar-refractivity contribution < 1.29 is 27.3 Å². The van der Waals surface area contributed by atoms with Crippen molar-refractivity contribution in [2.24, 2.45) is 0 Å². The van der Waals surface area contributed by atoms with Gasteiger partial charge in [0.05, 0.1) is 18.3 Å². The first kappa shape index (κ1) is 21.2. The van der Waals surface area contributed by atoms with Crippen LogP contribution in [0.2, 0.25) is 0 Å². The molecule has 156 valence electrons. The van der Waals surface area contributed by atoms with Crippen LogP contribution in [0.4, 0.5) is 11.4 Å². The van der Waals surface area contributed by atoms with Crippen molar-refractivity contribution in [3.8, 4) is 0 Å². The fourth-order valence-corrected chi connectivity index (χ4v) is 3.54. The molecule has 0 atom stereocenters. The van der Waals surface area contributed by atoms with Crippen LogP contribution in [0.25, 0.3) is 0 Å². The van der Waals surface area contributed by atoms with E-state index >= 15 is 0 Å². The highest BCUT2D eigenvalue weighted by Gasteiger charge is 2.22. The Hall–Kier alpha value is -3.47. The Bertz CT molecular complexity index is 1160. The summed E-state index contributed by atoms with van der Waals surface area (Å²) in [6.07, 6.45) is 1.39. The number of benzene rings is 2. The Morgan fingerprint density at radius 3 is 2.23 bits per heavy atom. The van der Waals surface area contributed by atoms with E-state index in [4.69, 9.17) is 9.25 Å². The lowest BCUT2D eigenvalue weighted by Gasteiger charge is -2.14. The summed E-state index contributed by atoms with van der Waals surface area (Å²) in [6.45, 7) is 0. The van der Waals surface area contributed by atoms with Crippen molar-refractivity contribution in [2.75, 3.05) is 24.8 Å². The molecule has 0 bridgehead atoms. The number of furan rings is 1. The topological polar surface area (TPSA) is 118 Å². The molecular weight excluding hydrogens is 410 g/mol. The van der Waals surface area contributed by atoms with Gasteiger partial charge in [-0.25, -0.2) is 8.42 Å². The highest BCUT2D eigenvalue weighted by atomic mass is 32.2. The Labute approximate surface area is 173 Å². The number of carbonyl (C=O) groups excluding carboxylic acids is 2. The van der Waals surface area contributed by atoms with E-state index in [1.807, 2.05) is 0 Å². The highest BCUT2D eigenvalue weighted by Crippen LogP contribution is 2.19. The second-order valence-electron chi connectivity index (χ2n) is 6.09. The third-order valence-electron chi connectivity index (χ3n) is 4.11. The summed E-state index contributed by atoms with van der Waals surface area (Å²) >= 11 is 0. The highest BCUT2D eigenvalue weighted by molar-refractivity contribution is 7.89. The number of amides is 2. The number of hydrogen-bond acceptors (Lipinski definition) is 6. The monoisotopic (exact) mass is 429 g/mol. The molecule has 0 aliphatic carbocycles. The number of nitrogens with zero attached hydrogens (tertiary/aromatic N) is 1. The van der Waals surface area contributed by atoms with Gasteiger partial charge in [0.1, 0.15) is 0 Å². The molecule has 3 aromatic rings. The van der Waals surface area contributed by atoms with Gasteiger partial charge >= 0.3 is 0 Å². The van der Waals surface area contributed by atoms with Gasteiger partial charge in [-0.15, -0.1) is 0 Å². The molecule has 0 aliphatic heterocycles. The lowest BCUT2D eigenvalue weighted by molar-refractivity contribution is -0.0258. The predicted molar refractivity (Wildman–Crippen MR) is 109 cm³/mol. The number of anilines is 2. The largest absolute Gasteiger partial charge is 0.459 e. The van der Waals surface area contributed by atoms with Crippen LogP contribution in [0.3, 0.4) is 0 Å². The molecule has 30 heavy (non-hydrogen) atoms. The fourth-order valence-electron chi connectivity index (χ4n) is 2.52. The maximum absolute atomic E-state index is 12.6. The van der Waals surface area contributed by atoms with Gasteiger partial charge in [0.15, 0.2) is 5.76 Å². The number of sulfonamides is 1. The zero-order valence-electron chi connectivity index (χ0n) is 16.2. The van der Waals surface area contributed by atoms with Crippen molar-refractivity contribution in [3.63, 3.8) is 0 Å². The van der Waals surface area contributed by atoms with Crippen LogP contribution in [-0.4, -0.2) is 38.9 Å². The van der Waals surface area contributed by atoms with Crippen LogP contribution in [0.1, 0.15) is 20.9 Å². The molecule has 1 heterocycles. The van der Waals surface area contributed by atoms with Crippen molar-refractivity contribution in [2.45, 2.75) is 4.90 Å². The zero-order valence-corrected chi connectivity index (χ0v) is 17.0. The van der Waals surface area contributed by atoms with E-state index in [1.165, 1.54) is 50.8 Å². The Kier molecular flexibility index (Phi) is 6.31. The summed E-state index contributed by atoms with van der Waals surface area (Å²) in [6, 6.07) is 15.2.